The molecule has 0 saturated heterocycles. The number of halogens is 1. The number of unbranched alkanes of at least 4 members (excludes halogenated alkanes) is 1. The molecule has 2 amide bonds. The average molecular weight is 531 g/mol. The first-order valence-electron chi connectivity index (χ1n) is 11.6. The fourth-order valence-electron chi connectivity index (χ4n) is 3.75. The van der Waals surface area contributed by atoms with Gasteiger partial charge in [-0.1, -0.05) is 83.9 Å². The topological polar surface area (TPSA) is 67.2 Å². The predicted molar refractivity (Wildman–Crippen MR) is 143 cm³/mol. The van der Waals surface area contributed by atoms with E-state index in [1.807, 2.05) is 78.9 Å². The zero-order chi connectivity index (χ0) is 24.6. The Morgan fingerprint density at radius 3 is 2.34 bits per heavy atom. The molecule has 4 aromatic rings. The number of carbonyl (C=O) groups excluding carboxylic acids is 2. The first-order valence-corrected chi connectivity index (χ1v) is 12.4. The van der Waals surface area contributed by atoms with Gasteiger partial charge in [0.1, 0.15) is 12.4 Å². The summed E-state index contributed by atoms with van der Waals surface area (Å²) in [5.41, 5.74) is 3.08. The number of carbonyl (C=O) groups is 2. The number of benzene rings is 3. The van der Waals surface area contributed by atoms with Gasteiger partial charge in [0.15, 0.2) is 0 Å². The van der Waals surface area contributed by atoms with Crippen LogP contribution in [0.2, 0.25) is 0 Å². The lowest BCUT2D eigenvalue weighted by molar-refractivity contribution is -0.116. The minimum atomic E-state index is -0.277. The third-order valence-electron chi connectivity index (χ3n) is 5.52. The molecule has 0 spiro atoms. The monoisotopic (exact) mass is 530 g/mol. The van der Waals surface area contributed by atoms with E-state index in [9.17, 15) is 9.59 Å². The van der Waals surface area contributed by atoms with Crippen LogP contribution in [0.1, 0.15) is 30.1 Å². The van der Waals surface area contributed by atoms with E-state index in [1.54, 1.807) is 21.7 Å². The second-order valence-electron chi connectivity index (χ2n) is 8.17. The molecule has 0 aliphatic heterocycles. The summed E-state index contributed by atoms with van der Waals surface area (Å²) in [6.07, 6.45) is 1.73. The Morgan fingerprint density at radius 1 is 0.943 bits per heavy atom. The van der Waals surface area contributed by atoms with Crippen LogP contribution >= 0.6 is 15.9 Å². The highest BCUT2D eigenvalue weighted by Crippen LogP contribution is 2.25. The first kappa shape index (κ1) is 24.4. The maximum atomic E-state index is 13.2. The summed E-state index contributed by atoms with van der Waals surface area (Å²) in [7, 11) is 0. The molecular formula is C28H27BrN4O2. The molecule has 6 nitrogen and oxygen atoms in total. The number of aromatic nitrogens is 2. The Labute approximate surface area is 213 Å². The van der Waals surface area contributed by atoms with E-state index in [1.165, 1.54) is 0 Å². The minimum Gasteiger partial charge on any atom is -0.329 e. The molecule has 1 N–H and O–H groups in total. The minimum absolute atomic E-state index is 0.0496. The van der Waals surface area contributed by atoms with E-state index < -0.39 is 0 Å². The SMILES string of the molecule is CCCCN(CC(=O)Nc1cc(-c2ccccc2)nn1-c1ccccc1)C(=O)c1cccc(Br)c1. The quantitative estimate of drug-likeness (QED) is 0.280. The number of nitrogens with one attached hydrogen (secondary N) is 1. The zero-order valence-corrected chi connectivity index (χ0v) is 21.1. The van der Waals surface area contributed by atoms with Crippen molar-refractivity contribution in [3.8, 4) is 16.9 Å². The van der Waals surface area contributed by atoms with Gasteiger partial charge in [0.05, 0.1) is 11.4 Å². The van der Waals surface area contributed by atoms with Crippen LogP contribution in [-0.4, -0.2) is 39.6 Å². The number of anilines is 1. The molecule has 1 aromatic heterocycles. The first-order chi connectivity index (χ1) is 17.0. The molecule has 0 radical (unpaired) electrons. The Hall–Kier alpha value is -3.71. The molecule has 35 heavy (non-hydrogen) atoms. The molecule has 0 fully saturated rings. The van der Waals surface area contributed by atoms with Gasteiger partial charge in [0.25, 0.3) is 5.91 Å². The van der Waals surface area contributed by atoms with Crippen molar-refractivity contribution in [1.82, 2.24) is 14.7 Å². The van der Waals surface area contributed by atoms with Gasteiger partial charge in [-0.3, -0.25) is 9.59 Å². The summed E-state index contributed by atoms with van der Waals surface area (Å²) in [4.78, 5) is 27.9. The molecule has 7 heteroatoms. The van der Waals surface area contributed by atoms with Crippen LogP contribution in [0.5, 0.6) is 0 Å². The van der Waals surface area contributed by atoms with Crippen molar-refractivity contribution in [1.29, 1.82) is 0 Å². The molecular weight excluding hydrogens is 504 g/mol. The lowest BCUT2D eigenvalue weighted by Crippen LogP contribution is -2.39. The van der Waals surface area contributed by atoms with Crippen molar-refractivity contribution < 1.29 is 9.59 Å². The van der Waals surface area contributed by atoms with Gasteiger partial charge in [0.2, 0.25) is 5.91 Å². The Kier molecular flexibility index (Phi) is 8.11. The van der Waals surface area contributed by atoms with Gasteiger partial charge < -0.3 is 10.2 Å². The lowest BCUT2D eigenvalue weighted by Gasteiger charge is -2.22. The maximum absolute atomic E-state index is 13.2. The fraction of sp³-hybridized carbons (Fsp3) is 0.179. The van der Waals surface area contributed by atoms with Gasteiger partial charge in [-0.05, 0) is 36.8 Å². The molecule has 178 valence electrons. The summed E-state index contributed by atoms with van der Waals surface area (Å²) in [6, 6.07) is 28.5. The number of para-hydroxylation sites is 1. The molecule has 0 saturated carbocycles. The summed E-state index contributed by atoms with van der Waals surface area (Å²) in [6.45, 7) is 2.51. The highest BCUT2D eigenvalue weighted by Gasteiger charge is 2.20. The number of nitrogens with zero attached hydrogens (tertiary/aromatic N) is 3. The lowest BCUT2D eigenvalue weighted by atomic mass is 10.1. The van der Waals surface area contributed by atoms with Gasteiger partial charge >= 0.3 is 0 Å². The van der Waals surface area contributed by atoms with Crippen molar-refractivity contribution in [2.24, 2.45) is 0 Å². The van der Waals surface area contributed by atoms with Crippen LogP contribution in [0.4, 0.5) is 5.82 Å². The molecule has 0 aliphatic carbocycles. The van der Waals surface area contributed by atoms with Gasteiger partial charge in [-0.15, -0.1) is 0 Å². The highest BCUT2D eigenvalue weighted by atomic mass is 79.9. The smallest absolute Gasteiger partial charge is 0.254 e. The van der Waals surface area contributed by atoms with Crippen molar-refractivity contribution in [2.75, 3.05) is 18.4 Å². The van der Waals surface area contributed by atoms with E-state index in [-0.39, 0.29) is 18.4 Å². The summed E-state index contributed by atoms with van der Waals surface area (Å²) >= 11 is 3.42. The molecule has 0 atom stereocenters. The van der Waals surface area contributed by atoms with E-state index in [2.05, 4.69) is 28.2 Å². The standard InChI is InChI=1S/C28H27BrN4O2/c1-2-3-17-32(28(35)22-13-10-14-23(29)18-22)20-27(34)30-26-19-25(21-11-6-4-7-12-21)31-33(26)24-15-8-5-9-16-24/h4-16,18-19H,2-3,17,20H2,1H3,(H,30,34). The number of rotatable bonds is 9. The largest absolute Gasteiger partial charge is 0.329 e. The summed E-state index contributed by atoms with van der Waals surface area (Å²) < 4.78 is 2.54. The Morgan fingerprint density at radius 2 is 1.66 bits per heavy atom. The van der Waals surface area contributed by atoms with Crippen LogP contribution in [0.25, 0.3) is 16.9 Å². The van der Waals surface area contributed by atoms with Crippen LogP contribution in [0.3, 0.4) is 0 Å². The number of amides is 2. The van der Waals surface area contributed by atoms with Gasteiger partial charge in [-0.2, -0.15) is 5.10 Å². The Balaban J connectivity index is 1.58. The van der Waals surface area contributed by atoms with E-state index in [0.29, 0.717) is 17.9 Å². The fourth-order valence-corrected chi connectivity index (χ4v) is 4.15. The van der Waals surface area contributed by atoms with E-state index in [4.69, 9.17) is 5.10 Å². The van der Waals surface area contributed by atoms with Crippen molar-refractivity contribution in [3.05, 3.63) is 101 Å². The second kappa shape index (κ2) is 11.6. The van der Waals surface area contributed by atoms with E-state index in [0.717, 1.165) is 34.3 Å². The van der Waals surface area contributed by atoms with Gasteiger partial charge in [-0.25, -0.2) is 4.68 Å². The maximum Gasteiger partial charge on any atom is 0.254 e. The van der Waals surface area contributed by atoms with Crippen molar-refractivity contribution >= 4 is 33.6 Å². The van der Waals surface area contributed by atoms with Crippen LogP contribution in [0.15, 0.2) is 95.5 Å². The predicted octanol–water partition coefficient (Wildman–Crippen LogP) is 6.18. The average Bonchev–Trinajstić information content (AvgIpc) is 3.30. The number of hydrogen-bond acceptors (Lipinski definition) is 3. The van der Waals surface area contributed by atoms with Crippen LogP contribution < -0.4 is 5.32 Å². The van der Waals surface area contributed by atoms with Gasteiger partial charge in [0, 0.05) is 28.2 Å². The molecule has 1 heterocycles. The second-order valence-corrected chi connectivity index (χ2v) is 9.08. The normalized spacial score (nSPS) is 10.7. The van der Waals surface area contributed by atoms with Crippen molar-refractivity contribution in [3.63, 3.8) is 0 Å². The third-order valence-corrected chi connectivity index (χ3v) is 6.02. The molecule has 3 aromatic carbocycles. The summed E-state index contributed by atoms with van der Waals surface area (Å²) in [5, 5.41) is 7.72. The van der Waals surface area contributed by atoms with E-state index >= 15 is 0 Å². The molecule has 0 bridgehead atoms. The zero-order valence-electron chi connectivity index (χ0n) is 19.5. The van der Waals surface area contributed by atoms with Crippen LogP contribution in [-0.2, 0) is 4.79 Å². The summed E-state index contributed by atoms with van der Waals surface area (Å²) in [5.74, 6) is 0.1000. The third kappa shape index (κ3) is 6.25. The molecule has 0 unspecified atom stereocenters. The highest BCUT2D eigenvalue weighted by molar-refractivity contribution is 9.10. The molecule has 4 rings (SSSR count). The molecule has 0 aliphatic rings. The van der Waals surface area contributed by atoms with Crippen LogP contribution in [0, 0.1) is 0 Å². The Bertz CT molecular complexity index is 1290. The number of hydrogen-bond donors (Lipinski definition) is 1. The van der Waals surface area contributed by atoms with Crippen molar-refractivity contribution in [2.45, 2.75) is 19.8 Å².